The van der Waals surface area contributed by atoms with Crippen molar-refractivity contribution in [2.75, 3.05) is 6.61 Å². The minimum atomic E-state index is -7.16. The molecule has 0 bridgehead atoms. The van der Waals surface area contributed by atoms with Gasteiger partial charge >= 0.3 is 36.5 Å². The molecule has 0 aromatic heterocycles. The Hall–Kier alpha value is -1.14. The summed E-state index contributed by atoms with van der Waals surface area (Å²) in [6.45, 7) is -3.24. The zero-order valence-corrected chi connectivity index (χ0v) is 10.6. The van der Waals surface area contributed by atoms with E-state index in [1.165, 1.54) is 4.94 Å². The average molecular weight is 416 g/mol. The second-order valence-corrected chi connectivity index (χ2v) is 3.79. The quantitative estimate of drug-likeness (QED) is 0.334. The Morgan fingerprint density at radius 1 is 0.560 bits per heavy atom. The molecule has 0 fully saturated rings. The number of ether oxygens (including phenoxy) is 1. The lowest BCUT2D eigenvalue weighted by atomic mass is 10.3. The van der Waals surface area contributed by atoms with Crippen molar-refractivity contribution in [3.63, 3.8) is 0 Å². The van der Waals surface area contributed by atoms with Crippen molar-refractivity contribution in [3.8, 4) is 0 Å². The standard InChI is InChI=1S/C7H2F14O4/c8-2(9,10)1-22-5(15,16)3(11,4(12,13)14)24-25-7(19,20)6(17,18)23-21/h1H2. The molecule has 0 spiro atoms. The Morgan fingerprint density at radius 3 is 1.32 bits per heavy atom. The molecule has 0 rings (SSSR count). The molecule has 0 heterocycles. The second kappa shape index (κ2) is 6.88. The van der Waals surface area contributed by atoms with Gasteiger partial charge in [-0.2, -0.15) is 66.9 Å². The van der Waals surface area contributed by atoms with E-state index in [0.717, 1.165) is 0 Å². The Labute approximate surface area is 126 Å². The molecule has 25 heavy (non-hydrogen) atoms. The molecule has 0 aliphatic heterocycles. The van der Waals surface area contributed by atoms with Crippen molar-refractivity contribution in [2.45, 2.75) is 36.5 Å². The molecule has 0 aromatic rings. The van der Waals surface area contributed by atoms with Crippen LogP contribution in [0.5, 0.6) is 0 Å². The number of rotatable bonds is 8. The molecule has 0 saturated carbocycles. The number of alkyl halides is 13. The predicted octanol–water partition coefficient (Wildman–Crippen LogP) is 4.42. The maximum atomic E-state index is 13.2. The van der Waals surface area contributed by atoms with Gasteiger partial charge in [-0.3, -0.25) is 0 Å². The summed E-state index contributed by atoms with van der Waals surface area (Å²) in [5.41, 5.74) is 0. The first kappa shape index (κ1) is 23.9. The molecule has 0 saturated heterocycles. The van der Waals surface area contributed by atoms with Gasteiger partial charge in [0.25, 0.3) is 0 Å². The first-order chi connectivity index (χ1) is 10.7. The van der Waals surface area contributed by atoms with Crippen molar-refractivity contribution in [1.29, 1.82) is 0 Å². The van der Waals surface area contributed by atoms with E-state index in [9.17, 15) is 61.6 Å². The van der Waals surface area contributed by atoms with Crippen molar-refractivity contribution in [2.24, 2.45) is 0 Å². The van der Waals surface area contributed by atoms with Crippen molar-refractivity contribution < 1.29 is 81.1 Å². The van der Waals surface area contributed by atoms with Crippen molar-refractivity contribution in [1.82, 2.24) is 0 Å². The average Bonchev–Trinajstić information content (AvgIpc) is 2.40. The lowest BCUT2D eigenvalue weighted by Gasteiger charge is -2.33. The highest BCUT2D eigenvalue weighted by atomic mass is 19.4. The molecule has 0 N–H and O–H groups in total. The molecule has 0 amide bonds. The maximum Gasteiger partial charge on any atom is 0.480 e. The van der Waals surface area contributed by atoms with E-state index in [4.69, 9.17) is 0 Å². The van der Waals surface area contributed by atoms with E-state index in [-0.39, 0.29) is 0 Å². The van der Waals surface area contributed by atoms with Gasteiger partial charge in [0.15, 0.2) is 0 Å². The number of hydrogen-bond acceptors (Lipinski definition) is 4. The summed E-state index contributed by atoms with van der Waals surface area (Å²) in [6.07, 6.45) is -32.7. The molecule has 1 atom stereocenters. The lowest BCUT2D eigenvalue weighted by Crippen LogP contribution is -2.60. The molecule has 18 heteroatoms. The van der Waals surface area contributed by atoms with Crippen LogP contribution in [0, 0.1) is 0 Å². The smallest absolute Gasteiger partial charge is 0.306 e. The summed E-state index contributed by atoms with van der Waals surface area (Å²) in [5.74, 6) is -6.94. The fraction of sp³-hybridized carbons (Fsp3) is 1.00. The van der Waals surface area contributed by atoms with Crippen LogP contribution in [0.15, 0.2) is 0 Å². The fourth-order valence-electron chi connectivity index (χ4n) is 0.729. The van der Waals surface area contributed by atoms with Crippen LogP contribution in [0.4, 0.5) is 61.6 Å². The van der Waals surface area contributed by atoms with Crippen LogP contribution in [0.1, 0.15) is 0 Å². The molecule has 0 aromatic carbocycles. The van der Waals surface area contributed by atoms with E-state index in [1.54, 1.807) is 0 Å². The second-order valence-electron chi connectivity index (χ2n) is 3.79. The topological polar surface area (TPSA) is 36.9 Å². The zero-order chi connectivity index (χ0) is 20.5. The van der Waals surface area contributed by atoms with Gasteiger partial charge in [-0.05, 0) is 4.53 Å². The third kappa shape index (κ3) is 5.42. The van der Waals surface area contributed by atoms with Gasteiger partial charge in [0, 0.05) is 0 Å². The summed E-state index contributed by atoms with van der Waals surface area (Å²) in [6, 6.07) is 0. The first-order valence-electron chi connectivity index (χ1n) is 4.99. The van der Waals surface area contributed by atoms with E-state index >= 15 is 0 Å². The Bertz CT molecular complexity index is 443. The highest BCUT2D eigenvalue weighted by molar-refractivity contribution is 4.86. The van der Waals surface area contributed by atoms with Gasteiger partial charge in [-0.25, -0.2) is 0 Å². The van der Waals surface area contributed by atoms with Crippen LogP contribution in [-0.4, -0.2) is 43.1 Å². The minimum absolute atomic E-state index is 1.27. The van der Waals surface area contributed by atoms with Gasteiger partial charge in [-0.15, -0.1) is 4.94 Å². The molecule has 0 aliphatic rings. The van der Waals surface area contributed by atoms with Gasteiger partial charge in [0.2, 0.25) is 0 Å². The SMILES string of the molecule is FOC(F)(F)C(F)(F)OOC(F)(C(F)(F)F)C(F)(F)OCC(F)(F)F. The van der Waals surface area contributed by atoms with E-state index in [0.29, 0.717) is 0 Å². The summed E-state index contributed by atoms with van der Waals surface area (Å²) >= 11 is 0. The van der Waals surface area contributed by atoms with Crippen molar-refractivity contribution in [3.05, 3.63) is 0 Å². The van der Waals surface area contributed by atoms with Crippen LogP contribution in [0.2, 0.25) is 0 Å². The first-order valence-corrected chi connectivity index (χ1v) is 4.99. The van der Waals surface area contributed by atoms with Gasteiger partial charge in [-0.1, -0.05) is 0 Å². The zero-order valence-electron chi connectivity index (χ0n) is 10.6. The highest BCUT2D eigenvalue weighted by Crippen LogP contribution is 2.49. The Morgan fingerprint density at radius 2 is 1.00 bits per heavy atom. The monoisotopic (exact) mass is 416 g/mol. The van der Waals surface area contributed by atoms with E-state index in [1.807, 2.05) is 9.78 Å². The van der Waals surface area contributed by atoms with Crippen LogP contribution in [0.3, 0.4) is 0 Å². The molecule has 4 nitrogen and oxygen atoms in total. The van der Waals surface area contributed by atoms with Gasteiger partial charge in [0.1, 0.15) is 6.61 Å². The Balaban J connectivity index is 5.57. The number of halogens is 14. The molecule has 152 valence electrons. The van der Waals surface area contributed by atoms with Crippen molar-refractivity contribution >= 4 is 0 Å². The largest absolute Gasteiger partial charge is 0.480 e. The minimum Gasteiger partial charge on any atom is -0.306 e. The van der Waals surface area contributed by atoms with Gasteiger partial charge < -0.3 is 4.74 Å². The van der Waals surface area contributed by atoms with E-state index in [2.05, 4.69) is 4.74 Å². The lowest BCUT2D eigenvalue weighted by molar-refractivity contribution is -0.614. The van der Waals surface area contributed by atoms with Crippen LogP contribution in [0.25, 0.3) is 0 Å². The molecular weight excluding hydrogens is 414 g/mol. The third-order valence-corrected chi connectivity index (χ3v) is 1.85. The number of hydrogen-bond donors (Lipinski definition) is 0. The Kier molecular flexibility index (Phi) is 6.56. The van der Waals surface area contributed by atoms with Gasteiger partial charge in [0.05, 0.1) is 0 Å². The van der Waals surface area contributed by atoms with Crippen LogP contribution in [-0.2, 0) is 19.5 Å². The normalized spacial score (nSPS) is 17.5. The van der Waals surface area contributed by atoms with Crippen LogP contribution < -0.4 is 0 Å². The maximum absolute atomic E-state index is 13.2. The molecular formula is C7H2F14O4. The van der Waals surface area contributed by atoms with Crippen LogP contribution >= 0.6 is 0 Å². The summed E-state index contributed by atoms with van der Waals surface area (Å²) in [4.78, 5) is 4.95. The highest BCUT2D eigenvalue weighted by Gasteiger charge is 2.78. The molecule has 0 aliphatic carbocycles. The molecule has 0 radical (unpaired) electrons. The molecule has 1 unspecified atom stereocenters. The third-order valence-electron chi connectivity index (χ3n) is 1.85. The summed E-state index contributed by atoms with van der Waals surface area (Å²) in [5, 5.41) is 0. The van der Waals surface area contributed by atoms with E-state index < -0.39 is 43.1 Å². The fourth-order valence-corrected chi connectivity index (χ4v) is 0.729. The summed E-state index contributed by atoms with van der Waals surface area (Å²) < 4.78 is 173. The predicted molar refractivity (Wildman–Crippen MR) is 41.1 cm³/mol. The summed E-state index contributed by atoms with van der Waals surface area (Å²) in [7, 11) is 0.